The van der Waals surface area contributed by atoms with Crippen molar-refractivity contribution in [3.8, 4) is 0 Å². The third-order valence-corrected chi connectivity index (χ3v) is 3.81. The van der Waals surface area contributed by atoms with Crippen LogP contribution in [0.3, 0.4) is 0 Å². The number of fused-ring (bicyclic) bond motifs is 1. The molecule has 1 saturated carbocycles. The van der Waals surface area contributed by atoms with Crippen molar-refractivity contribution in [1.29, 1.82) is 0 Å². The standard InChI is InChI=1S/C13H19N5O/c1-9-16-17-13-12(14-5-6-18(9)13)15-8-10-3-2-4-11(19)7-10/h5-6,10-11,19H,2-4,7-8H2,1H3,(H,14,15). The van der Waals surface area contributed by atoms with Crippen molar-refractivity contribution in [2.45, 2.75) is 38.7 Å². The molecule has 0 radical (unpaired) electrons. The van der Waals surface area contributed by atoms with Crippen molar-refractivity contribution in [1.82, 2.24) is 19.6 Å². The van der Waals surface area contributed by atoms with Gasteiger partial charge in [0.1, 0.15) is 5.82 Å². The van der Waals surface area contributed by atoms with E-state index in [1.807, 2.05) is 17.5 Å². The molecule has 3 rings (SSSR count). The third-order valence-electron chi connectivity index (χ3n) is 3.81. The summed E-state index contributed by atoms with van der Waals surface area (Å²) in [5, 5.41) is 21.2. The first kappa shape index (κ1) is 12.3. The van der Waals surface area contributed by atoms with E-state index in [0.29, 0.717) is 5.92 Å². The second kappa shape index (κ2) is 5.13. The summed E-state index contributed by atoms with van der Waals surface area (Å²) in [4.78, 5) is 4.33. The molecular weight excluding hydrogens is 242 g/mol. The van der Waals surface area contributed by atoms with E-state index in [1.165, 1.54) is 6.42 Å². The number of rotatable bonds is 3. The van der Waals surface area contributed by atoms with Gasteiger partial charge in [0.2, 0.25) is 5.65 Å². The lowest BCUT2D eigenvalue weighted by atomic mass is 9.87. The molecule has 2 heterocycles. The average Bonchev–Trinajstić information content (AvgIpc) is 2.79. The predicted octanol–water partition coefficient (Wildman–Crippen LogP) is 1.40. The van der Waals surface area contributed by atoms with E-state index >= 15 is 0 Å². The molecule has 0 amide bonds. The van der Waals surface area contributed by atoms with Gasteiger partial charge in [-0.2, -0.15) is 0 Å². The van der Waals surface area contributed by atoms with Gasteiger partial charge in [0.25, 0.3) is 0 Å². The molecule has 2 atom stereocenters. The van der Waals surface area contributed by atoms with Gasteiger partial charge in [-0.1, -0.05) is 6.42 Å². The van der Waals surface area contributed by atoms with E-state index < -0.39 is 0 Å². The lowest BCUT2D eigenvalue weighted by molar-refractivity contribution is 0.104. The number of aliphatic hydroxyl groups excluding tert-OH is 1. The van der Waals surface area contributed by atoms with Gasteiger partial charge < -0.3 is 10.4 Å². The van der Waals surface area contributed by atoms with E-state index in [2.05, 4.69) is 20.5 Å². The lowest BCUT2D eigenvalue weighted by Crippen LogP contribution is -2.25. The molecule has 1 aliphatic carbocycles. The zero-order chi connectivity index (χ0) is 13.2. The van der Waals surface area contributed by atoms with Gasteiger partial charge in [0, 0.05) is 18.9 Å². The van der Waals surface area contributed by atoms with Crippen LogP contribution in [0.2, 0.25) is 0 Å². The number of hydrogen-bond donors (Lipinski definition) is 2. The number of nitrogens with zero attached hydrogens (tertiary/aromatic N) is 4. The maximum absolute atomic E-state index is 9.68. The Hall–Kier alpha value is -1.69. The first-order valence-corrected chi connectivity index (χ1v) is 6.82. The van der Waals surface area contributed by atoms with E-state index in [4.69, 9.17) is 0 Å². The summed E-state index contributed by atoms with van der Waals surface area (Å²) in [6.45, 7) is 2.75. The molecule has 0 bridgehead atoms. The normalized spacial score (nSPS) is 23.7. The predicted molar refractivity (Wildman–Crippen MR) is 72.0 cm³/mol. The Morgan fingerprint density at radius 1 is 1.42 bits per heavy atom. The average molecular weight is 261 g/mol. The van der Waals surface area contributed by atoms with E-state index in [-0.39, 0.29) is 6.10 Å². The zero-order valence-electron chi connectivity index (χ0n) is 11.1. The number of hydrogen-bond acceptors (Lipinski definition) is 5. The Labute approximate surface area is 111 Å². The van der Waals surface area contributed by atoms with Crippen molar-refractivity contribution >= 4 is 11.5 Å². The van der Waals surface area contributed by atoms with Gasteiger partial charge in [-0.05, 0) is 32.1 Å². The van der Waals surface area contributed by atoms with Crippen LogP contribution in [-0.2, 0) is 0 Å². The second-order valence-corrected chi connectivity index (χ2v) is 5.28. The number of aliphatic hydroxyl groups is 1. The van der Waals surface area contributed by atoms with Crippen LogP contribution < -0.4 is 5.32 Å². The molecule has 102 valence electrons. The molecule has 2 aromatic rings. The van der Waals surface area contributed by atoms with Crippen molar-refractivity contribution < 1.29 is 5.11 Å². The fourth-order valence-electron chi connectivity index (χ4n) is 2.76. The molecule has 2 aromatic heterocycles. The van der Waals surface area contributed by atoms with Crippen molar-refractivity contribution in [3.05, 3.63) is 18.2 Å². The summed E-state index contributed by atoms with van der Waals surface area (Å²) in [5.74, 6) is 2.13. The Bertz CT molecular complexity index is 567. The summed E-state index contributed by atoms with van der Waals surface area (Å²) in [6.07, 6.45) is 7.56. The molecule has 1 fully saturated rings. The quantitative estimate of drug-likeness (QED) is 0.873. The molecule has 0 aliphatic heterocycles. The van der Waals surface area contributed by atoms with Gasteiger partial charge in [-0.25, -0.2) is 4.98 Å². The van der Waals surface area contributed by atoms with E-state index in [1.54, 1.807) is 6.20 Å². The second-order valence-electron chi connectivity index (χ2n) is 5.28. The Balaban J connectivity index is 1.71. The molecule has 6 heteroatoms. The van der Waals surface area contributed by atoms with Gasteiger partial charge in [0.15, 0.2) is 5.82 Å². The number of aryl methyl sites for hydroxylation is 1. The van der Waals surface area contributed by atoms with E-state index in [9.17, 15) is 5.11 Å². The highest BCUT2D eigenvalue weighted by molar-refractivity contribution is 5.61. The smallest absolute Gasteiger partial charge is 0.203 e. The molecule has 0 spiro atoms. The largest absolute Gasteiger partial charge is 0.393 e. The van der Waals surface area contributed by atoms with E-state index in [0.717, 1.165) is 43.1 Å². The van der Waals surface area contributed by atoms with Crippen molar-refractivity contribution in [2.24, 2.45) is 5.92 Å². The number of aromatic nitrogens is 4. The van der Waals surface area contributed by atoms with Crippen molar-refractivity contribution in [3.63, 3.8) is 0 Å². The Kier molecular flexibility index (Phi) is 3.33. The zero-order valence-corrected chi connectivity index (χ0v) is 11.1. The van der Waals surface area contributed by atoms with Crippen molar-refractivity contribution in [2.75, 3.05) is 11.9 Å². The SMILES string of the molecule is Cc1nnc2c(NCC3CCCC(O)C3)nccn12. The first-order valence-electron chi connectivity index (χ1n) is 6.82. The van der Waals surface area contributed by atoms with Crippen LogP contribution in [-0.4, -0.2) is 37.3 Å². The highest BCUT2D eigenvalue weighted by Crippen LogP contribution is 2.24. The Morgan fingerprint density at radius 2 is 2.32 bits per heavy atom. The van der Waals surface area contributed by atoms with Gasteiger partial charge in [-0.15, -0.1) is 10.2 Å². The molecule has 2 unspecified atom stereocenters. The fourth-order valence-corrected chi connectivity index (χ4v) is 2.76. The van der Waals surface area contributed by atoms with Gasteiger partial charge >= 0.3 is 0 Å². The molecule has 19 heavy (non-hydrogen) atoms. The molecule has 0 aromatic carbocycles. The summed E-state index contributed by atoms with van der Waals surface area (Å²) >= 11 is 0. The molecule has 1 aliphatic rings. The lowest BCUT2D eigenvalue weighted by Gasteiger charge is -2.26. The molecule has 6 nitrogen and oxygen atoms in total. The number of anilines is 1. The minimum atomic E-state index is -0.139. The summed E-state index contributed by atoms with van der Waals surface area (Å²) in [6, 6.07) is 0. The highest BCUT2D eigenvalue weighted by Gasteiger charge is 2.20. The van der Waals surface area contributed by atoms with Gasteiger partial charge in [-0.3, -0.25) is 4.40 Å². The van der Waals surface area contributed by atoms with Crippen LogP contribution in [0.5, 0.6) is 0 Å². The molecular formula is C13H19N5O. The maximum Gasteiger partial charge on any atom is 0.203 e. The molecule has 2 N–H and O–H groups in total. The van der Waals surface area contributed by atoms with Crippen LogP contribution >= 0.6 is 0 Å². The van der Waals surface area contributed by atoms with Gasteiger partial charge in [0.05, 0.1) is 6.10 Å². The monoisotopic (exact) mass is 261 g/mol. The first-order chi connectivity index (χ1) is 9.24. The summed E-state index contributed by atoms with van der Waals surface area (Å²) in [7, 11) is 0. The minimum absolute atomic E-state index is 0.139. The molecule has 0 saturated heterocycles. The van der Waals surface area contributed by atoms with Crippen LogP contribution in [0.1, 0.15) is 31.5 Å². The van der Waals surface area contributed by atoms with Crippen LogP contribution in [0.25, 0.3) is 5.65 Å². The topological polar surface area (TPSA) is 75.3 Å². The minimum Gasteiger partial charge on any atom is -0.393 e. The van der Waals surface area contributed by atoms with Crippen LogP contribution in [0.4, 0.5) is 5.82 Å². The fraction of sp³-hybridized carbons (Fsp3) is 0.615. The van der Waals surface area contributed by atoms with Crippen LogP contribution in [0.15, 0.2) is 12.4 Å². The maximum atomic E-state index is 9.68. The third kappa shape index (κ3) is 2.53. The highest BCUT2D eigenvalue weighted by atomic mass is 16.3. The Morgan fingerprint density at radius 3 is 3.16 bits per heavy atom. The number of nitrogens with one attached hydrogen (secondary N) is 1. The summed E-state index contributed by atoms with van der Waals surface area (Å²) in [5.41, 5.74) is 0.761. The summed E-state index contributed by atoms with van der Waals surface area (Å²) < 4.78 is 1.92. The van der Waals surface area contributed by atoms with Crippen LogP contribution in [0, 0.1) is 12.8 Å².